The zero-order valence-electron chi connectivity index (χ0n) is 9.86. The lowest BCUT2D eigenvalue weighted by Gasteiger charge is -2.04. The first kappa shape index (κ1) is 11.5. The van der Waals surface area contributed by atoms with Crippen molar-refractivity contribution in [2.75, 3.05) is 7.11 Å². The number of H-pyrrole nitrogens is 1. The molecule has 0 bridgehead atoms. The van der Waals surface area contributed by atoms with Crippen LogP contribution in [0.3, 0.4) is 0 Å². The van der Waals surface area contributed by atoms with E-state index in [0.29, 0.717) is 18.1 Å². The van der Waals surface area contributed by atoms with E-state index in [2.05, 4.69) is 9.97 Å². The van der Waals surface area contributed by atoms with Crippen LogP contribution in [0.15, 0.2) is 35.1 Å². The van der Waals surface area contributed by atoms with Crippen LogP contribution in [0.4, 0.5) is 0 Å². The van der Waals surface area contributed by atoms with Crippen LogP contribution in [-0.4, -0.2) is 17.1 Å². The average Bonchev–Trinajstić information content (AvgIpc) is 2.28. The summed E-state index contributed by atoms with van der Waals surface area (Å²) in [6, 6.07) is 9.29. The molecule has 1 heterocycles. The van der Waals surface area contributed by atoms with Crippen molar-refractivity contribution in [1.82, 2.24) is 9.97 Å². The molecule has 1 aromatic carbocycles. The second-order valence-electron chi connectivity index (χ2n) is 3.89. The first-order valence-corrected chi connectivity index (χ1v) is 5.35. The maximum Gasteiger partial charge on any atom is 0.251 e. The lowest BCUT2D eigenvalue weighted by atomic mass is 10.1. The van der Waals surface area contributed by atoms with Crippen LogP contribution in [0, 0.1) is 6.92 Å². The Morgan fingerprint density at radius 3 is 2.88 bits per heavy atom. The van der Waals surface area contributed by atoms with E-state index in [-0.39, 0.29) is 5.56 Å². The number of nitrogens with zero attached hydrogens (tertiary/aromatic N) is 1. The van der Waals surface area contributed by atoms with Crippen LogP contribution < -0.4 is 5.56 Å². The molecule has 2 aromatic rings. The van der Waals surface area contributed by atoms with Crippen LogP contribution in [0.5, 0.6) is 0 Å². The van der Waals surface area contributed by atoms with Gasteiger partial charge in [-0.15, -0.1) is 0 Å². The molecule has 0 fully saturated rings. The normalized spacial score (nSPS) is 10.5. The van der Waals surface area contributed by atoms with Crippen LogP contribution in [0.2, 0.25) is 0 Å². The molecular formula is C13H14N2O2. The largest absolute Gasteiger partial charge is 0.378 e. The number of rotatable bonds is 3. The van der Waals surface area contributed by atoms with Gasteiger partial charge in [0, 0.05) is 18.7 Å². The highest BCUT2D eigenvalue weighted by atomic mass is 16.5. The van der Waals surface area contributed by atoms with Gasteiger partial charge in [0.2, 0.25) is 0 Å². The molecule has 0 saturated heterocycles. The van der Waals surface area contributed by atoms with Gasteiger partial charge in [-0.25, -0.2) is 4.98 Å². The van der Waals surface area contributed by atoms with Crippen LogP contribution in [-0.2, 0) is 11.3 Å². The monoisotopic (exact) mass is 230 g/mol. The molecule has 17 heavy (non-hydrogen) atoms. The summed E-state index contributed by atoms with van der Waals surface area (Å²) in [7, 11) is 1.58. The van der Waals surface area contributed by atoms with Crippen LogP contribution >= 0.6 is 0 Å². The number of aromatic amines is 1. The summed E-state index contributed by atoms with van der Waals surface area (Å²) in [6.07, 6.45) is 0. The molecule has 0 aliphatic heterocycles. The summed E-state index contributed by atoms with van der Waals surface area (Å²) in [5, 5.41) is 0. The van der Waals surface area contributed by atoms with Gasteiger partial charge in [-0.05, 0) is 13.0 Å². The van der Waals surface area contributed by atoms with E-state index in [0.717, 1.165) is 11.1 Å². The predicted molar refractivity (Wildman–Crippen MR) is 65.7 cm³/mol. The van der Waals surface area contributed by atoms with Gasteiger partial charge in [0.1, 0.15) is 5.82 Å². The highest BCUT2D eigenvalue weighted by Crippen LogP contribution is 2.15. The van der Waals surface area contributed by atoms with Crippen molar-refractivity contribution >= 4 is 0 Å². The smallest absolute Gasteiger partial charge is 0.251 e. The minimum atomic E-state index is -0.163. The molecule has 0 amide bonds. The van der Waals surface area contributed by atoms with Crippen LogP contribution in [0.25, 0.3) is 11.4 Å². The first-order valence-electron chi connectivity index (χ1n) is 5.35. The summed E-state index contributed by atoms with van der Waals surface area (Å²) in [5.41, 5.74) is 2.50. The molecule has 0 atom stereocenters. The summed E-state index contributed by atoms with van der Waals surface area (Å²) < 4.78 is 4.98. The lowest BCUT2D eigenvalue weighted by molar-refractivity contribution is 0.181. The molecule has 4 nitrogen and oxygen atoms in total. The van der Waals surface area contributed by atoms with E-state index in [1.807, 2.05) is 31.2 Å². The van der Waals surface area contributed by atoms with Crippen molar-refractivity contribution in [2.24, 2.45) is 0 Å². The zero-order chi connectivity index (χ0) is 12.3. The Bertz CT molecular complexity index is 576. The Morgan fingerprint density at radius 1 is 1.35 bits per heavy atom. The number of methoxy groups -OCH3 is 1. The van der Waals surface area contributed by atoms with Crippen molar-refractivity contribution in [3.05, 3.63) is 51.9 Å². The fourth-order valence-electron chi connectivity index (χ4n) is 1.66. The molecule has 0 aliphatic rings. The van der Waals surface area contributed by atoms with E-state index in [9.17, 15) is 4.79 Å². The molecule has 0 unspecified atom stereocenters. The molecule has 4 heteroatoms. The number of nitrogens with one attached hydrogen (secondary N) is 1. The number of aromatic nitrogens is 2. The summed E-state index contributed by atoms with van der Waals surface area (Å²) in [6.45, 7) is 2.34. The lowest BCUT2D eigenvalue weighted by Crippen LogP contribution is -2.10. The van der Waals surface area contributed by atoms with Gasteiger partial charge in [-0.2, -0.15) is 0 Å². The van der Waals surface area contributed by atoms with Crippen molar-refractivity contribution < 1.29 is 4.74 Å². The number of hydrogen-bond acceptors (Lipinski definition) is 3. The molecule has 0 saturated carbocycles. The molecule has 2 rings (SSSR count). The SMILES string of the molecule is COCc1cc(=O)[nH]c(-c2cccc(C)c2)n1. The summed E-state index contributed by atoms with van der Waals surface area (Å²) >= 11 is 0. The molecule has 1 aromatic heterocycles. The van der Waals surface area contributed by atoms with E-state index in [1.165, 1.54) is 6.07 Å². The highest BCUT2D eigenvalue weighted by molar-refractivity contribution is 5.55. The molecule has 0 radical (unpaired) electrons. The summed E-state index contributed by atoms with van der Waals surface area (Å²) in [5.74, 6) is 0.577. The number of ether oxygens (including phenoxy) is 1. The van der Waals surface area contributed by atoms with E-state index >= 15 is 0 Å². The van der Waals surface area contributed by atoms with Gasteiger partial charge in [0.05, 0.1) is 12.3 Å². The van der Waals surface area contributed by atoms with E-state index in [4.69, 9.17) is 4.74 Å². The van der Waals surface area contributed by atoms with Crippen LogP contribution in [0.1, 0.15) is 11.3 Å². The van der Waals surface area contributed by atoms with Gasteiger partial charge in [-0.1, -0.05) is 23.8 Å². The first-order chi connectivity index (χ1) is 8.19. The number of hydrogen-bond donors (Lipinski definition) is 1. The third kappa shape index (κ3) is 2.79. The Hall–Kier alpha value is -1.94. The Labute approximate surface area is 99.3 Å². The standard InChI is InChI=1S/C13H14N2O2/c1-9-4-3-5-10(6-9)13-14-11(8-17-2)7-12(16)15-13/h3-7H,8H2,1-2H3,(H,14,15,16). The van der Waals surface area contributed by atoms with Crippen molar-refractivity contribution in [1.29, 1.82) is 0 Å². The average molecular weight is 230 g/mol. The Morgan fingerprint density at radius 2 is 2.18 bits per heavy atom. The molecule has 0 spiro atoms. The van der Waals surface area contributed by atoms with Gasteiger partial charge < -0.3 is 9.72 Å². The van der Waals surface area contributed by atoms with E-state index < -0.39 is 0 Å². The highest BCUT2D eigenvalue weighted by Gasteiger charge is 2.03. The Balaban J connectivity index is 2.48. The second-order valence-corrected chi connectivity index (χ2v) is 3.89. The number of benzene rings is 1. The fourth-order valence-corrected chi connectivity index (χ4v) is 1.66. The Kier molecular flexibility index (Phi) is 3.35. The van der Waals surface area contributed by atoms with Gasteiger partial charge in [0.15, 0.2) is 0 Å². The fraction of sp³-hybridized carbons (Fsp3) is 0.231. The minimum absolute atomic E-state index is 0.163. The topological polar surface area (TPSA) is 55.0 Å². The van der Waals surface area contributed by atoms with Crippen molar-refractivity contribution in [2.45, 2.75) is 13.5 Å². The zero-order valence-corrected chi connectivity index (χ0v) is 9.86. The van der Waals surface area contributed by atoms with Crippen molar-refractivity contribution in [3.8, 4) is 11.4 Å². The predicted octanol–water partition coefficient (Wildman–Crippen LogP) is 1.89. The molecule has 0 aliphatic carbocycles. The molecule has 88 valence electrons. The van der Waals surface area contributed by atoms with E-state index in [1.54, 1.807) is 7.11 Å². The molecular weight excluding hydrogens is 216 g/mol. The number of aryl methyl sites for hydroxylation is 1. The maximum atomic E-state index is 11.5. The maximum absolute atomic E-state index is 11.5. The van der Waals surface area contributed by atoms with Gasteiger partial charge >= 0.3 is 0 Å². The third-order valence-electron chi connectivity index (χ3n) is 2.38. The summed E-state index contributed by atoms with van der Waals surface area (Å²) in [4.78, 5) is 18.6. The minimum Gasteiger partial charge on any atom is -0.378 e. The molecule has 1 N–H and O–H groups in total. The third-order valence-corrected chi connectivity index (χ3v) is 2.38. The van der Waals surface area contributed by atoms with Gasteiger partial charge in [-0.3, -0.25) is 4.79 Å². The quantitative estimate of drug-likeness (QED) is 0.876. The van der Waals surface area contributed by atoms with Gasteiger partial charge in [0.25, 0.3) is 5.56 Å². The van der Waals surface area contributed by atoms with Crippen molar-refractivity contribution in [3.63, 3.8) is 0 Å². The second kappa shape index (κ2) is 4.93.